The second-order valence-corrected chi connectivity index (χ2v) is 3.87. The smallest absolute Gasteiger partial charge is 0.323 e. The van der Waals surface area contributed by atoms with E-state index in [4.69, 9.17) is 14.3 Å². The van der Waals surface area contributed by atoms with Gasteiger partial charge in [0.15, 0.2) is 0 Å². The second-order valence-electron chi connectivity index (χ2n) is 3.87. The Hall–Kier alpha value is -2.02. The molecule has 7 nitrogen and oxygen atoms in total. The summed E-state index contributed by atoms with van der Waals surface area (Å²) in [6.45, 7) is 0.555. The number of carboxylic acid groups (broad SMARTS) is 1. The van der Waals surface area contributed by atoms with Gasteiger partial charge in [-0.1, -0.05) is 0 Å². The number of carboxylic acids is 1. The van der Waals surface area contributed by atoms with Crippen LogP contribution in [0.3, 0.4) is 0 Å². The number of aliphatic carboxylic acids is 1. The lowest BCUT2D eigenvalue weighted by Gasteiger charge is -2.20. The van der Waals surface area contributed by atoms with Crippen LogP contribution in [0.5, 0.6) is 0 Å². The Morgan fingerprint density at radius 2 is 2.32 bits per heavy atom. The highest BCUT2D eigenvalue weighted by atomic mass is 16.5. The number of nitrogens with zero attached hydrogens (tertiary/aromatic N) is 1. The van der Waals surface area contributed by atoms with E-state index in [0.29, 0.717) is 19.6 Å². The van der Waals surface area contributed by atoms with Crippen LogP contribution in [-0.4, -0.2) is 55.4 Å². The first kappa shape index (κ1) is 15.0. The summed E-state index contributed by atoms with van der Waals surface area (Å²) in [7, 11) is 1.49. The minimum Gasteiger partial charge on any atom is -0.480 e. The molecule has 1 heterocycles. The Morgan fingerprint density at radius 3 is 2.89 bits per heavy atom. The van der Waals surface area contributed by atoms with Crippen molar-refractivity contribution in [3.63, 3.8) is 0 Å². The molecule has 106 valence electrons. The summed E-state index contributed by atoms with van der Waals surface area (Å²) in [4.78, 5) is 23.6. The van der Waals surface area contributed by atoms with E-state index in [0.717, 1.165) is 5.76 Å². The van der Waals surface area contributed by atoms with Crippen LogP contribution in [0.25, 0.3) is 0 Å². The number of hydrogen-bond acceptors (Lipinski definition) is 4. The number of urea groups is 1. The molecule has 0 aliphatic carbocycles. The van der Waals surface area contributed by atoms with E-state index >= 15 is 0 Å². The van der Waals surface area contributed by atoms with Crippen molar-refractivity contribution < 1.29 is 23.8 Å². The van der Waals surface area contributed by atoms with Gasteiger partial charge in [0.05, 0.1) is 12.9 Å². The molecule has 2 amide bonds. The van der Waals surface area contributed by atoms with Crippen molar-refractivity contribution in [2.24, 2.45) is 0 Å². The van der Waals surface area contributed by atoms with Gasteiger partial charge in [0, 0.05) is 26.6 Å². The van der Waals surface area contributed by atoms with E-state index in [1.807, 2.05) is 6.07 Å². The van der Waals surface area contributed by atoms with E-state index in [9.17, 15) is 9.59 Å². The van der Waals surface area contributed by atoms with Gasteiger partial charge < -0.3 is 24.5 Å². The van der Waals surface area contributed by atoms with Crippen molar-refractivity contribution in [2.45, 2.75) is 6.42 Å². The van der Waals surface area contributed by atoms with Crippen molar-refractivity contribution in [3.05, 3.63) is 24.2 Å². The zero-order chi connectivity index (χ0) is 14.1. The van der Waals surface area contributed by atoms with Gasteiger partial charge in [-0.05, 0) is 12.1 Å². The molecule has 1 aromatic rings. The molecular weight excluding hydrogens is 252 g/mol. The van der Waals surface area contributed by atoms with Gasteiger partial charge in [0.1, 0.15) is 12.3 Å². The first-order valence-corrected chi connectivity index (χ1v) is 5.89. The molecule has 0 bridgehead atoms. The van der Waals surface area contributed by atoms with Crippen LogP contribution in [0.1, 0.15) is 5.76 Å². The van der Waals surface area contributed by atoms with Crippen LogP contribution >= 0.6 is 0 Å². The third-order valence-corrected chi connectivity index (χ3v) is 2.41. The maximum atomic E-state index is 11.8. The van der Waals surface area contributed by atoms with Crippen molar-refractivity contribution in [2.75, 3.05) is 33.4 Å². The third-order valence-electron chi connectivity index (χ3n) is 2.41. The number of nitrogens with one attached hydrogen (secondary N) is 1. The first-order valence-electron chi connectivity index (χ1n) is 5.89. The van der Waals surface area contributed by atoms with Crippen molar-refractivity contribution in [1.29, 1.82) is 0 Å². The van der Waals surface area contributed by atoms with Crippen molar-refractivity contribution in [1.82, 2.24) is 10.2 Å². The van der Waals surface area contributed by atoms with Crippen LogP contribution in [0, 0.1) is 0 Å². The van der Waals surface area contributed by atoms with E-state index in [-0.39, 0.29) is 13.1 Å². The number of carbonyl (C=O) groups is 2. The molecule has 0 unspecified atom stereocenters. The van der Waals surface area contributed by atoms with Gasteiger partial charge in [0.25, 0.3) is 0 Å². The van der Waals surface area contributed by atoms with Crippen LogP contribution in [0.15, 0.2) is 22.8 Å². The zero-order valence-electron chi connectivity index (χ0n) is 10.8. The lowest BCUT2D eigenvalue weighted by atomic mass is 10.3. The summed E-state index contributed by atoms with van der Waals surface area (Å²) < 4.78 is 9.96. The van der Waals surface area contributed by atoms with E-state index in [1.54, 1.807) is 12.3 Å². The van der Waals surface area contributed by atoms with Gasteiger partial charge in [-0.15, -0.1) is 0 Å². The predicted octanol–water partition coefficient (Wildman–Crippen LogP) is 0.565. The average Bonchev–Trinajstić information content (AvgIpc) is 2.87. The van der Waals surface area contributed by atoms with Gasteiger partial charge >= 0.3 is 12.0 Å². The molecule has 2 N–H and O–H groups in total. The molecule has 0 aromatic carbocycles. The molecule has 0 radical (unpaired) electrons. The number of methoxy groups -OCH3 is 1. The number of carbonyl (C=O) groups excluding carboxylic acids is 1. The van der Waals surface area contributed by atoms with Gasteiger partial charge in [-0.25, -0.2) is 4.79 Å². The first-order chi connectivity index (χ1) is 9.13. The summed E-state index contributed by atoms with van der Waals surface area (Å²) in [5.74, 6) is -0.292. The van der Waals surface area contributed by atoms with Gasteiger partial charge in [-0.2, -0.15) is 0 Å². The number of amides is 2. The Kier molecular flexibility index (Phi) is 6.45. The highest BCUT2D eigenvalue weighted by Gasteiger charge is 2.15. The maximum absolute atomic E-state index is 11.8. The second kappa shape index (κ2) is 8.15. The Balaban J connectivity index is 2.35. The lowest BCUT2D eigenvalue weighted by molar-refractivity contribution is -0.137. The molecule has 0 aliphatic heterocycles. The Morgan fingerprint density at radius 1 is 1.53 bits per heavy atom. The normalized spacial score (nSPS) is 10.2. The molecule has 1 rings (SSSR count). The van der Waals surface area contributed by atoms with Crippen LogP contribution in [-0.2, 0) is 16.0 Å². The molecule has 0 spiro atoms. The summed E-state index contributed by atoms with van der Waals surface area (Å²) in [5.41, 5.74) is 0. The Labute approximate surface area is 111 Å². The van der Waals surface area contributed by atoms with E-state index in [2.05, 4.69) is 5.32 Å². The van der Waals surface area contributed by atoms with Crippen molar-refractivity contribution in [3.8, 4) is 0 Å². The average molecular weight is 270 g/mol. The molecule has 0 fully saturated rings. The van der Waals surface area contributed by atoms with Crippen LogP contribution in [0.4, 0.5) is 4.79 Å². The topological polar surface area (TPSA) is 92.0 Å². The predicted molar refractivity (Wildman–Crippen MR) is 66.9 cm³/mol. The summed E-state index contributed by atoms with van der Waals surface area (Å²) in [6.07, 6.45) is 2.12. The van der Waals surface area contributed by atoms with E-state index in [1.165, 1.54) is 12.0 Å². The number of rotatable bonds is 8. The lowest BCUT2D eigenvalue weighted by Crippen LogP contribution is -2.44. The SMILES string of the molecule is COCCN(CC(=O)O)C(=O)NCCc1ccco1. The monoisotopic (exact) mass is 270 g/mol. The Bertz CT molecular complexity index is 391. The zero-order valence-corrected chi connectivity index (χ0v) is 10.8. The summed E-state index contributed by atoms with van der Waals surface area (Å²) in [5, 5.41) is 11.4. The van der Waals surface area contributed by atoms with Gasteiger partial charge in [-0.3, -0.25) is 4.79 Å². The standard InChI is InChI=1S/C12H18N2O5/c1-18-8-6-14(9-11(15)16)12(17)13-5-4-10-3-2-7-19-10/h2-3,7H,4-6,8-9H2,1H3,(H,13,17)(H,15,16). The molecule has 19 heavy (non-hydrogen) atoms. The number of ether oxygens (including phenoxy) is 1. The summed E-state index contributed by atoms with van der Waals surface area (Å²) >= 11 is 0. The highest BCUT2D eigenvalue weighted by molar-refractivity contribution is 5.80. The largest absolute Gasteiger partial charge is 0.480 e. The fraction of sp³-hybridized carbons (Fsp3) is 0.500. The third kappa shape index (κ3) is 5.91. The molecule has 0 saturated carbocycles. The quantitative estimate of drug-likeness (QED) is 0.720. The minimum absolute atomic E-state index is 0.232. The molecule has 0 aliphatic rings. The highest BCUT2D eigenvalue weighted by Crippen LogP contribution is 1.99. The fourth-order valence-electron chi connectivity index (χ4n) is 1.48. The maximum Gasteiger partial charge on any atom is 0.323 e. The summed E-state index contributed by atoms with van der Waals surface area (Å²) in [6, 6.07) is 3.16. The number of hydrogen-bond donors (Lipinski definition) is 2. The molecule has 7 heteroatoms. The minimum atomic E-state index is -1.06. The van der Waals surface area contributed by atoms with Crippen molar-refractivity contribution >= 4 is 12.0 Å². The number of furan rings is 1. The van der Waals surface area contributed by atoms with Gasteiger partial charge in [0.2, 0.25) is 0 Å². The molecule has 0 saturated heterocycles. The molecular formula is C12H18N2O5. The van der Waals surface area contributed by atoms with E-state index < -0.39 is 12.0 Å². The van der Waals surface area contributed by atoms with Crippen LogP contribution in [0.2, 0.25) is 0 Å². The molecule has 0 atom stereocenters. The fourth-order valence-corrected chi connectivity index (χ4v) is 1.48. The van der Waals surface area contributed by atoms with Crippen LogP contribution < -0.4 is 5.32 Å². The molecule has 1 aromatic heterocycles.